The van der Waals surface area contributed by atoms with Crippen LogP contribution in [0.25, 0.3) is 5.69 Å². The highest BCUT2D eigenvalue weighted by Crippen LogP contribution is 2.27. The quantitative estimate of drug-likeness (QED) is 0.509. The second-order valence-electron chi connectivity index (χ2n) is 6.81. The number of halogens is 4. The largest absolute Gasteiger partial charge is 0.487 e. The van der Waals surface area contributed by atoms with Crippen LogP contribution < -0.4 is 15.6 Å². The molecule has 0 spiro atoms. The van der Waals surface area contributed by atoms with E-state index in [1.807, 2.05) is 0 Å². The number of amides is 1. The van der Waals surface area contributed by atoms with Gasteiger partial charge in [0.25, 0.3) is 5.56 Å². The fraction of sp³-hybridized carbons (Fsp3) is 0.182. The molecule has 0 saturated heterocycles. The zero-order chi connectivity index (χ0) is 23.4. The molecule has 2 N–H and O–H groups in total. The van der Waals surface area contributed by atoms with Crippen LogP contribution in [-0.4, -0.2) is 22.2 Å². The zero-order valence-corrected chi connectivity index (χ0v) is 18.4. The lowest BCUT2D eigenvalue weighted by Gasteiger charge is -2.16. The van der Waals surface area contributed by atoms with E-state index in [9.17, 15) is 22.8 Å². The summed E-state index contributed by atoms with van der Waals surface area (Å²) in [5.41, 5.74) is -0.0482. The van der Waals surface area contributed by atoms with E-state index in [0.29, 0.717) is 11.1 Å². The highest BCUT2D eigenvalue weighted by molar-refractivity contribution is 9.10. The molecule has 0 aliphatic rings. The van der Waals surface area contributed by atoms with Crippen molar-refractivity contribution in [1.29, 1.82) is 0 Å². The summed E-state index contributed by atoms with van der Waals surface area (Å²) in [6.45, 7) is 0.678. The predicted octanol–water partition coefficient (Wildman–Crippen LogP) is 3.51. The molecule has 10 heteroatoms. The molecule has 0 saturated carbocycles. The average molecular weight is 511 g/mol. The number of ether oxygens (including phenoxy) is 1. The van der Waals surface area contributed by atoms with Crippen LogP contribution in [0, 0.1) is 24.4 Å². The van der Waals surface area contributed by atoms with Crippen molar-refractivity contribution in [2.24, 2.45) is 0 Å². The minimum atomic E-state index is -0.892. The Bertz CT molecular complexity index is 1210. The van der Waals surface area contributed by atoms with Crippen molar-refractivity contribution in [2.75, 3.05) is 6.61 Å². The molecule has 168 valence electrons. The van der Waals surface area contributed by atoms with Gasteiger partial charge < -0.3 is 15.2 Å². The van der Waals surface area contributed by atoms with Gasteiger partial charge in [-0.25, -0.2) is 13.2 Å². The predicted molar refractivity (Wildman–Crippen MR) is 114 cm³/mol. The van der Waals surface area contributed by atoms with Crippen molar-refractivity contribution in [3.8, 4) is 11.4 Å². The third-order valence-corrected chi connectivity index (χ3v) is 5.36. The summed E-state index contributed by atoms with van der Waals surface area (Å²) in [6, 6.07) is 8.64. The molecule has 6 nitrogen and oxygen atoms in total. The molecule has 0 fully saturated rings. The molecule has 3 aromatic rings. The maximum atomic E-state index is 14.2. The van der Waals surface area contributed by atoms with E-state index in [-0.39, 0.29) is 29.1 Å². The Hall–Kier alpha value is -3.11. The molecule has 32 heavy (non-hydrogen) atoms. The number of aryl methyl sites for hydroxylation is 1. The van der Waals surface area contributed by atoms with Crippen LogP contribution >= 0.6 is 15.9 Å². The van der Waals surface area contributed by atoms with Gasteiger partial charge in [-0.3, -0.25) is 14.2 Å². The first-order valence-corrected chi connectivity index (χ1v) is 10.2. The number of aliphatic hydroxyl groups is 1. The molecule has 0 radical (unpaired) electrons. The van der Waals surface area contributed by atoms with Crippen LogP contribution in [0.5, 0.6) is 5.75 Å². The van der Waals surface area contributed by atoms with Gasteiger partial charge in [0, 0.05) is 18.3 Å². The molecule has 0 atom stereocenters. The summed E-state index contributed by atoms with van der Waals surface area (Å²) < 4.78 is 48.6. The van der Waals surface area contributed by atoms with Gasteiger partial charge in [0.1, 0.15) is 46.6 Å². The summed E-state index contributed by atoms with van der Waals surface area (Å²) in [5.74, 6) is -2.81. The van der Waals surface area contributed by atoms with Gasteiger partial charge in [0.2, 0.25) is 5.91 Å². The second kappa shape index (κ2) is 10.0. The van der Waals surface area contributed by atoms with Crippen LogP contribution in [0.15, 0.2) is 51.7 Å². The van der Waals surface area contributed by atoms with Gasteiger partial charge >= 0.3 is 0 Å². The lowest BCUT2D eigenvalue weighted by Crippen LogP contribution is -2.26. The summed E-state index contributed by atoms with van der Waals surface area (Å²) in [4.78, 5) is 24.1. The minimum absolute atomic E-state index is 0.0375. The summed E-state index contributed by atoms with van der Waals surface area (Å²) >= 11 is 3.13. The van der Waals surface area contributed by atoms with E-state index in [1.165, 1.54) is 37.3 Å². The van der Waals surface area contributed by atoms with Gasteiger partial charge in [-0.15, -0.1) is 0 Å². The van der Waals surface area contributed by atoms with Crippen molar-refractivity contribution in [2.45, 2.75) is 20.1 Å². The second-order valence-corrected chi connectivity index (χ2v) is 7.60. The number of pyridine rings is 1. The Morgan fingerprint density at radius 1 is 1.12 bits per heavy atom. The molecule has 2 aromatic carbocycles. The topological polar surface area (TPSA) is 80.6 Å². The maximum Gasteiger partial charge on any atom is 0.273 e. The molecule has 1 aromatic heterocycles. The Labute approximate surface area is 189 Å². The number of para-hydroxylation sites is 1. The molecule has 3 rings (SSSR count). The van der Waals surface area contributed by atoms with E-state index < -0.39 is 41.2 Å². The molecule has 0 aliphatic heterocycles. The van der Waals surface area contributed by atoms with E-state index in [0.717, 1.165) is 16.7 Å². The standard InChI is InChI=1S/C22H18BrF3N2O4/c1-12-7-18(20(23)22(31)28(12)21-16(25)3-2-4-17(21)26)32-11-13-5-6-15(24)8-14(13)9-27-19(30)10-29/h2-8,29H,9-11H2,1H3,(H,27,30). The van der Waals surface area contributed by atoms with Crippen LogP contribution in [0.1, 0.15) is 16.8 Å². The normalized spacial score (nSPS) is 10.8. The van der Waals surface area contributed by atoms with E-state index in [1.54, 1.807) is 0 Å². The van der Waals surface area contributed by atoms with Gasteiger partial charge in [0.15, 0.2) is 0 Å². The minimum Gasteiger partial charge on any atom is -0.487 e. The number of carbonyl (C=O) groups is 1. The smallest absolute Gasteiger partial charge is 0.273 e. The van der Waals surface area contributed by atoms with Crippen molar-refractivity contribution >= 4 is 21.8 Å². The lowest BCUT2D eigenvalue weighted by atomic mass is 10.1. The molecular weight excluding hydrogens is 493 g/mol. The Kier molecular flexibility index (Phi) is 7.37. The zero-order valence-electron chi connectivity index (χ0n) is 16.8. The summed E-state index contributed by atoms with van der Waals surface area (Å²) in [6.07, 6.45) is 0. The third-order valence-electron chi connectivity index (χ3n) is 4.63. The Morgan fingerprint density at radius 3 is 2.47 bits per heavy atom. The Morgan fingerprint density at radius 2 is 1.81 bits per heavy atom. The fourth-order valence-electron chi connectivity index (χ4n) is 3.07. The molecule has 1 amide bonds. The molecule has 0 aliphatic carbocycles. The van der Waals surface area contributed by atoms with E-state index >= 15 is 0 Å². The molecule has 1 heterocycles. The number of hydrogen-bond acceptors (Lipinski definition) is 4. The third kappa shape index (κ3) is 5.03. The molecular formula is C22H18BrF3N2O4. The highest BCUT2D eigenvalue weighted by Gasteiger charge is 2.19. The summed E-state index contributed by atoms with van der Waals surface area (Å²) in [7, 11) is 0. The SMILES string of the molecule is Cc1cc(OCc2ccc(F)cc2CNC(=O)CO)c(Br)c(=O)n1-c1c(F)cccc1F. The van der Waals surface area contributed by atoms with E-state index in [4.69, 9.17) is 9.84 Å². The number of nitrogens with one attached hydrogen (secondary N) is 1. The number of carbonyl (C=O) groups excluding carboxylic acids is 1. The van der Waals surface area contributed by atoms with Crippen LogP contribution in [-0.2, 0) is 17.9 Å². The monoisotopic (exact) mass is 510 g/mol. The lowest BCUT2D eigenvalue weighted by molar-refractivity contribution is -0.123. The van der Waals surface area contributed by atoms with E-state index in [2.05, 4.69) is 21.2 Å². The maximum absolute atomic E-state index is 14.2. The Balaban J connectivity index is 1.91. The van der Waals surface area contributed by atoms with Crippen molar-refractivity contribution in [1.82, 2.24) is 9.88 Å². The molecule has 0 unspecified atom stereocenters. The molecule has 0 bridgehead atoms. The van der Waals surface area contributed by atoms with Crippen molar-refractivity contribution in [3.05, 3.63) is 91.6 Å². The summed E-state index contributed by atoms with van der Waals surface area (Å²) in [5, 5.41) is 11.3. The van der Waals surface area contributed by atoms with Gasteiger partial charge in [0.05, 0.1) is 0 Å². The van der Waals surface area contributed by atoms with Gasteiger partial charge in [-0.1, -0.05) is 12.1 Å². The highest BCUT2D eigenvalue weighted by atomic mass is 79.9. The van der Waals surface area contributed by atoms with Crippen LogP contribution in [0.3, 0.4) is 0 Å². The number of benzene rings is 2. The van der Waals surface area contributed by atoms with Crippen molar-refractivity contribution in [3.63, 3.8) is 0 Å². The number of hydrogen-bond donors (Lipinski definition) is 2. The van der Waals surface area contributed by atoms with Gasteiger partial charge in [-0.05, 0) is 58.2 Å². The van der Waals surface area contributed by atoms with Crippen LogP contribution in [0.2, 0.25) is 0 Å². The average Bonchev–Trinajstić information content (AvgIpc) is 2.76. The first-order valence-electron chi connectivity index (χ1n) is 9.37. The number of aromatic nitrogens is 1. The first kappa shape index (κ1) is 23.6. The van der Waals surface area contributed by atoms with Crippen molar-refractivity contribution < 1.29 is 27.8 Å². The van der Waals surface area contributed by atoms with Crippen LogP contribution in [0.4, 0.5) is 13.2 Å². The van der Waals surface area contributed by atoms with Gasteiger partial charge in [-0.2, -0.15) is 0 Å². The number of aliphatic hydroxyl groups excluding tert-OH is 1. The number of rotatable bonds is 7. The number of nitrogens with zero attached hydrogens (tertiary/aromatic N) is 1. The fourth-order valence-corrected chi connectivity index (χ4v) is 3.48. The first-order chi connectivity index (χ1) is 15.2.